The van der Waals surface area contributed by atoms with E-state index in [4.69, 9.17) is 4.42 Å². The third-order valence-corrected chi connectivity index (χ3v) is 8.26. The smallest absolute Gasteiger partial charge is 0.241 e. The van der Waals surface area contributed by atoms with Gasteiger partial charge in [0.15, 0.2) is 0 Å². The molecule has 0 bridgehead atoms. The summed E-state index contributed by atoms with van der Waals surface area (Å²) < 4.78 is 34.2. The van der Waals surface area contributed by atoms with Crippen molar-refractivity contribution < 1.29 is 12.8 Å². The molecule has 6 nitrogen and oxygen atoms in total. The molecule has 0 unspecified atom stereocenters. The third kappa shape index (κ3) is 4.95. The van der Waals surface area contributed by atoms with E-state index >= 15 is 0 Å². The molecule has 1 fully saturated rings. The van der Waals surface area contributed by atoms with Crippen molar-refractivity contribution in [1.29, 1.82) is 0 Å². The average Bonchev–Trinajstić information content (AvgIpc) is 3.26. The van der Waals surface area contributed by atoms with E-state index in [-0.39, 0.29) is 0 Å². The van der Waals surface area contributed by atoms with Crippen LogP contribution in [0.1, 0.15) is 24.8 Å². The Morgan fingerprint density at radius 2 is 1.88 bits per heavy atom. The van der Waals surface area contributed by atoms with Crippen LogP contribution < -0.4 is 4.72 Å². The summed E-state index contributed by atoms with van der Waals surface area (Å²) in [6.07, 6.45) is 9.27. The molecule has 0 saturated carbocycles. The Labute approximate surface area is 194 Å². The van der Waals surface area contributed by atoms with Gasteiger partial charge in [-0.15, -0.1) is 0 Å². The molecule has 1 aliphatic heterocycles. The number of likely N-dealkylation sites (tertiary alicyclic amines) is 1. The molecular weight excluding hydrogens is 434 g/mol. The Morgan fingerprint density at radius 1 is 1.03 bits per heavy atom. The number of benzene rings is 2. The summed E-state index contributed by atoms with van der Waals surface area (Å²) in [7, 11) is -3.55. The van der Waals surface area contributed by atoms with Crippen LogP contribution in [0.5, 0.6) is 0 Å². The van der Waals surface area contributed by atoms with E-state index < -0.39 is 10.0 Å². The van der Waals surface area contributed by atoms with E-state index in [1.54, 1.807) is 30.6 Å². The minimum atomic E-state index is -3.55. The first kappa shape index (κ1) is 22.1. The first-order valence-corrected chi connectivity index (χ1v) is 13.1. The van der Waals surface area contributed by atoms with Gasteiger partial charge in [-0.25, -0.2) is 13.1 Å². The second kappa shape index (κ2) is 9.63. The summed E-state index contributed by atoms with van der Waals surface area (Å²) in [4.78, 5) is 6.91. The number of furan rings is 1. The Kier molecular flexibility index (Phi) is 6.44. The zero-order valence-corrected chi connectivity index (χ0v) is 19.4. The maximum Gasteiger partial charge on any atom is 0.241 e. The second-order valence-electron chi connectivity index (χ2n) is 8.83. The maximum absolute atomic E-state index is 12.9. The van der Waals surface area contributed by atoms with Gasteiger partial charge in [-0.05, 0) is 68.5 Å². The van der Waals surface area contributed by atoms with E-state index in [2.05, 4.69) is 26.7 Å². The van der Waals surface area contributed by atoms with Crippen LogP contribution in [0.2, 0.25) is 0 Å². The van der Waals surface area contributed by atoms with Crippen LogP contribution in [0, 0.1) is 5.92 Å². The summed E-state index contributed by atoms with van der Waals surface area (Å²) >= 11 is 0. The molecule has 0 amide bonds. The summed E-state index contributed by atoms with van der Waals surface area (Å²) in [6.45, 7) is 3.61. The molecule has 7 heteroatoms. The molecular formula is C26H29N3O3S. The fourth-order valence-electron chi connectivity index (χ4n) is 4.81. The molecule has 1 saturated heterocycles. The Morgan fingerprint density at radius 3 is 2.76 bits per heavy atom. The molecule has 0 radical (unpaired) electrons. The fraction of sp³-hybridized carbons (Fsp3) is 0.346. The molecule has 2 aromatic heterocycles. The molecule has 4 aromatic rings. The molecule has 0 spiro atoms. The van der Waals surface area contributed by atoms with Gasteiger partial charge < -0.3 is 9.32 Å². The molecule has 3 heterocycles. The van der Waals surface area contributed by atoms with Gasteiger partial charge in [0, 0.05) is 41.6 Å². The van der Waals surface area contributed by atoms with Crippen molar-refractivity contribution in [2.75, 3.05) is 26.2 Å². The van der Waals surface area contributed by atoms with Crippen molar-refractivity contribution in [3.05, 3.63) is 72.8 Å². The van der Waals surface area contributed by atoms with Gasteiger partial charge in [0.2, 0.25) is 10.0 Å². The minimum Gasteiger partial charge on any atom is -0.464 e. The zero-order chi connectivity index (χ0) is 22.7. The van der Waals surface area contributed by atoms with Gasteiger partial charge in [-0.3, -0.25) is 4.98 Å². The van der Waals surface area contributed by atoms with Crippen LogP contribution in [-0.4, -0.2) is 44.5 Å². The lowest BCUT2D eigenvalue weighted by molar-refractivity contribution is 0.181. The van der Waals surface area contributed by atoms with Gasteiger partial charge in [-0.2, -0.15) is 0 Å². The number of rotatable bonds is 8. The van der Waals surface area contributed by atoms with E-state index in [1.807, 2.05) is 24.5 Å². The Bertz CT molecular complexity index is 1340. The van der Waals surface area contributed by atoms with Gasteiger partial charge in [0.1, 0.15) is 5.58 Å². The minimum absolute atomic E-state index is 0.323. The molecule has 1 N–H and O–H groups in total. The number of para-hydroxylation sites is 1. The standard InChI is InChI=1S/C26H29N3O3S/c30-33(31,26-7-3-4-21-18-27-13-9-24(21)26)28-14-8-20-10-15-29(16-11-20)17-12-22-19-32-25-6-2-1-5-23(22)25/h1-7,9,13,18-20,28H,8,10-12,14-17H2. The fourth-order valence-corrected chi connectivity index (χ4v) is 6.08. The summed E-state index contributed by atoms with van der Waals surface area (Å²) in [6, 6.07) is 15.2. The van der Waals surface area contributed by atoms with Crippen molar-refractivity contribution >= 4 is 31.8 Å². The predicted molar refractivity (Wildman–Crippen MR) is 131 cm³/mol. The van der Waals surface area contributed by atoms with Crippen LogP contribution >= 0.6 is 0 Å². The first-order chi connectivity index (χ1) is 16.1. The van der Waals surface area contributed by atoms with E-state index in [9.17, 15) is 8.42 Å². The molecule has 5 rings (SSSR count). The predicted octanol–water partition coefficient (Wildman–Crippen LogP) is 4.60. The number of piperidine rings is 1. The number of nitrogens with one attached hydrogen (secondary N) is 1. The highest BCUT2D eigenvalue weighted by Gasteiger charge is 2.21. The lowest BCUT2D eigenvalue weighted by Crippen LogP contribution is -2.36. The SMILES string of the molecule is O=S(=O)(NCCC1CCN(CCc2coc3ccccc23)CC1)c1cccc2cnccc12. The molecule has 0 aliphatic carbocycles. The lowest BCUT2D eigenvalue weighted by Gasteiger charge is -2.32. The molecule has 1 aliphatic rings. The van der Waals surface area contributed by atoms with Crippen LogP contribution in [0.4, 0.5) is 0 Å². The number of pyridine rings is 1. The number of fused-ring (bicyclic) bond motifs is 2. The zero-order valence-electron chi connectivity index (χ0n) is 18.6. The Balaban J connectivity index is 1.09. The molecule has 0 atom stereocenters. The third-order valence-electron chi connectivity index (χ3n) is 6.74. The van der Waals surface area contributed by atoms with Crippen LogP contribution in [0.25, 0.3) is 21.7 Å². The number of sulfonamides is 1. The summed E-state index contributed by atoms with van der Waals surface area (Å²) in [5.74, 6) is 0.551. The van der Waals surface area contributed by atoms with Crippen molar-refractivity contribution in [2.45, 2.75) is 30.6 Å². The van der Waals surface area contributed by atoms with E-state index in [0.29, 0.717) is 22.7 Å². The highest BCUT2D eigenvalue weighted by Crippen LogP contribution is 2.25. The average molecular weight is 464 g/mol. The first-order valence-electron chi connectivity index (χ1n) is 11.6. The van der Waals surface area contributed by atoms with Gasteiger partial charge in [0.05, 0.1) is 11.2 Å². The van der Waals surface area contributed by atoms with E-state index in [0.717, 1.165) is 56.3 Å². The quantitative estimate of drug-likeness (QED) is 0.413. The van der Waals surface area contributed by atoms with Crippen LogP contribution in [0.15, 0.2) is 76.5 Å². The summed E-state index contributed by atoms with van der Waals surface area (Å²) in [5, 5.41) is 2.75. The topological polar surface area (TPSA) is 75.4 Å². The monoisotopic (exact) mass is 463 g/mol. The number of hydrogen-bond donors (Lipinski definition) is 1. The highest BCUT2D eigenvalue weighted by atomic mass is 32.2. The van der Waals surface area contributed by atoms with Crippen molar-refractivity contribution in [3.8, 4) is 0 Å². The van der Waals surface area contributed by atoms with Crippen LogP contribution in [-0.2, 0) is 16.4 Å². The second-order valence-corrected chi connectivity index (χ2v) is 10.6. The largest absolute Gasteiger partial charge is 0.464 e. The van der Waals surface area contributed by atoms with Crippen molar-refractivity contribution in [2.24, 2.45) is 5.92 Å². The Hall–Kier alpha value is -2.74. The number of hydrogen-bond acceptors (Lipinski definition) is 5. The molecule has 172 valence electrons. The van der Waals surface area contributed by atoms with Crippen molar-refractivity contribution in [3.63, 3.8) is 0 Å². The normalized spacial score (nSPS) is 16.0. The van der Waals surface area contributed by atoms with Gasteiger partial charge in [0.25, 0.3) is 0 Å². The van der Waals surface area contributed by atoms with Gasteiger partial charge in [-0.1, -0.05) is 30.3 Å². The lowest BCUT2D eigenvalue weighted by atomic mass is 9.93. The number of nitrogens with zero attached hydrogens (tertiary/aromatic N) is 2. The highest BCUT2D eigenvalue weighted by molar-refractivity contribution is 7.89. The van der Waals surface area contributed by atoms with Crippen molar-refractivity contribution in [1.82, 2.24) is 14.6 Å². The number of aromatic nitrogens is 1. The maximum atomic E-state index is 12.9. The molecule has 2 aromatic carbocycles. The van der Waals surface area contributed by atoms with E-state index in [1.165, 1.54) is 10.9 Å². The van der Waals surface area contributed by atoms with Crippen LogP contribution in [0.3, 0.4) is 0 Å². The summed E-state index contributed by atoms with van der Waals surface area (Å²) in [5.41, 5.74) is 2.22. The molecule has 33 heavy (non-hydrogen) atoms. The van der Waals surface area contributed by atoms with Gasteiger partial charge >= 0.3 is 0 Å².